The standard InChI is InChI=1S/4C15H34N.C6H8O7.ClH/c4*1-5-6-7-8-9-10-11-12-13-14-15-16(2,3)4;7-3(8)1-6(13,5(11)12)2-4(9)10;/h4*5-15H2,1-4H3;13H,1-2H2,(H,7,8)(H,9,10)(H,11,12);1H/q4*+1;;/p-4. The van der Waals surface area contributed by atoms with E-state index in [1.165, 1.54) is 283 Å². The van der Waals surface area contributed by atoms with Crippen molar-refractivity contribution in [3.8, 4) is 0 Å². The Bertz CT molecular complexity index is 1090. The third-order valence-electron chi connectivity index (χ3n) is 14.0. The summed E-state index contributed by atoms with van der Waals surface area (Å²) >= 11 is 0. The van der Waals surface area contributed by atoms with Crippen LogP contribution in [0.5, 0.6) is 0 Å². The van der Waals surface area contributed by atoms with Gasteiger partial charge in [-0.3, -0.25) is 0 Å². The normalized spacial score (nSPS) is 11.7. The van der Waals surface area contributed by atoms with Crippen LogP contribution in [0.2, 0.25) is 0 Å². The van der Waals surface area contributed by atoms with Gasteiger partial charge in [0.25, 0.3) is 0 Å². The summed E-state index contributed by atoms with van der Waals surface area (Å²) in [6, 6.07) is 0. The second kappa shape index (κ2) is 60.1. The van der Waals surface area contributed by atoms with Crippen molar-refractivity contribution in [2.24, 2.45) is 0 Å². The minimum atomic E-state index is -2.97. The molecule has 11 nitrogen and oxygen atoms in total. The Morgan fingerprint density at radius 3 is 0.513 bits per heavy atom. The quantitative estimate of drug-likeness (QED) is 0.0473. The predicted octanol–water partition coefficient (Wildman–Crippen LogP) is 10.2. The number of carbonyl (C=O) groups excluding carboxylic acids is 3. The number of quaternary nitrogens is 4. The molecule has 0 saturated heterocycles. The SMILES string of the molecule is CCCCCCCCCCCC[N+](C)(C)C.CCCCCCCCCCCC[N+](C)(C)C.CCCCCCCCCCCC[N+](C)(C)C.CCCCCCCCCCCC[N+](C)(C)C.O=C([O-])CC(O)(CC(=O)[O-])C(=O)[O-].[Cl-]. The predicted molar refractivity (Wildman–Crippen MR) is 328 cm³/mol. The summed E-state index contributed by atoms with van der Waals surface area (Å²) < 4.78 is 4.49. The lowest BCUT2D eigenvalue weighted by atomic mass is 9.96. The number of aliphatic carboxylic acids is 3. The summed E-state index contributed by atoms with van der Waals surface area (Å²) in [6.45, 7) is 14.5. The van der Waals surface area contributed by atoms with Gasteiger partial charge in [0, 0.05) is 24.8 Å². The Hall–Kier alpha value is -1.50. The number of hydrogen-bond acceptors (Lipinski definition) is 7. The summed E-state index contributed by atoms with van der Waals surface area (Å²) in [5.41, 5.74) is -2.97. The lowest BCUT2D eigenvalue weighted by Crippen LogP contribution is -3.00. The van der Waals surface area contributed by atoms with Crippen molar-refractivity contribution < 1.29 is 65.1 Å². The zero-order chi connectivity index (χ0) is 59.8. The summed E-state index contributed by atoms with van der Waals surface area (Å²) in [5.74, 6) is -5.98. The van der Waals surface area contributed by atoms with Gasteiger partial charge in [-0.15, -0.1) is 0 Å². The highest BCUT2D eigenvalue weighted by molar-refractivity contribution is 5.86. The molecule has 0 fully saturated rings. The van der Waals surface area contributed by atoms with E-state index in [-0.39, 0.29) is 12.4 Å². The Kier molecular flexibility index (Phi) is 67.6. The van der Waals surface area contributed by atoms with Crippen LogP contribution in [-0.2, 0) is 14.4 Å². The molecule has 0 atom stereocenters. The van der Waals surface area contributed by atoms with E-state index in [4.69, 9.17) is 5.11 Å². The van der Waals surface area contributed by atoms with Crippen molar-refractivity contribution in [2.75, 3.05) is 111 Å². The van der Waals surface area contributed by atoms with Crippen LogP contribution in [-0.4, -0.2) is 157 Å². The van der Waals surface area contributed by atoms with E-state index in [2.05, 4.69) is 112 Å². The first-order valence-electron chi connectivity index (χ1n) is 32.6. The fraction of sp³-hybridized carbons (Fsp3) is 0.955. The van der Waals surface area contributed by atoms with Crippen LogP contribution < -0.4 is 27.7 Å². The van der Waals surface area contributed by atoms with Crippen LogP contribution in [0.1, 0.15) is 297 Å². The minimum Gasteiger partial charge on any atom is -1.00 e. The molecule has 1 N–H and O–H groups in total. The van der Waals surface area contributed by atoms with Crippen LogP contribution >= 0.6 is 0 Å². The molecule has 0 aromatic rings. The highest BCUT2D eigenvalue weighted by Crippen LogP contribution is 2.16. The third kappa shape index (κ3) is 91.0. The maximum Gasteiger partial charge on any atom is 0.114 e. The molecule has 0 spiro atoms. The van der Waals surface area contributed by atoms with Crippen molar-refractivity contribution in [2.45, 2.75) is 303 Å². The average Bonchev–Trinajstić information content (AvgIpc) is 3.30. The summed E-state index contributed by atoms with van der Waals surface area (Å²) in [5, 5.41) is 38.9. The van der Waals surface area contributed by atoms with E-state index in [1.54, 1.807) is 0 Å². The first kappa shape index (κ1) is 87.7. The van der Waals surface area contributed by atoms with Crippen LogP contribution in [0.15, 0.2) is 0 Å². The van der Waals surface area contributed by atoms with E-state index >= 15 is 0 Å². The van der Waals surface area contributed by atoms with E-state index in [1.807, 2.05) is 0 Å². The van der Waals surface area contributed by atoms with Gasteiger partial charge in [0.1, 0.15) is 5.60 Å². The number of carboxylic acids is 3. The number of carboxylic acid groups (broad SMARTS) is 3. The summed E-state index contributed by atoms with van der Waals surface area (Å²) in [4.78, 5) is 30.0. The average molecular weight is 1140 g/mol. The van der Waals surface area contributed by atoms with Gasteiger partial charge < -0.3 is 65.1 Å². The van der Waals surface area contributed by atoms with Gasteiger partial charge in [-0.25, -0.2) is 0 Å². The number of carbonyl (C=O) groups is 3. The minimum absolute atomic E-state index is 0. The monoisotopic (exact) mass is 1140 g/mol. The van der Waals surface area contributed by atoms with E-state index < -0.39 is 36.4 Å². The molecule has 0 aliphatic rings. The summed E-state index contributed by atoms with van der Waals surface area (Å²) in [6.07, 6.45) is 54.9. The first-order chi connectivity index (χ1) is 36.0. The molecule has 0 amide bonds. The molecule has 0 bridgehead atoms. The number of nitrogens with zero attached hydrogens (tertiary/aromatic N) is 4. The molecular weight excluding hydrogens is 996 g/mol. The molecule has 0 rings (SSSR count). The Morgan fingerprint density at radius 2 is 0.410 bits per heavy atom. The van der Waals surface area contributed by atoms with Crippen molar-refractivity contribution in [3.05, 3.63) is 0 Å². The molecule has 474 valence electrons. The topological polar surface area (TPSA) is 141 Å². The van der Waals surface area contributed by atoms with Crippen LogP contribution in [0.4, 0.5) is 0 Å². The number of hydrogen-bond donors (Lipinski definition) is 1. The van der Waals surface area contributed by atoms with Gasteiger partial charge in [0.15, 0.2) is 0 Å². The Balaban J connectivity index is -0.000000207. The maximum atomic E-state index is 10.1. The van der Waals surface area contributed by atoms with Gasteiger partial charge >= 0.3 is 0 Å². The number of aliphatic hydroxyl groups is 1. The molecule has 0 aromatic heterocycles. The maximum absolute atomic E-state index is 10.1. The molecule has 0 unspecified atom stereocenters. The molecule has 0 radical (unpaired) electrons. The highest BCUT2D eigenvalue weighted by Gasteiger charge is 2.29. The Labute approximate surface area is 494 Å². The van der Waals surface area contributed by atoms with Crippen molar-refractivity contribution >= 4 is 17.9 Å². The lowest BCUT2D eigenvalue weighted by molar-refractivity contribution is -0.870. The molecular formula is C66H141ClN4O7. The number of rotatable bonds is 49. The Morgan fingerprint density at radius 1 is 0.282 bits per heavy atom. The van der Waals surface area contributed by atoms with Crippen molar-refractivity contribution in [1.82, 2.24) is 0 Å². The first-order valence-corrected chi connectivity index (χ1v) is 32.6. The smallest absolute Gasteiger partial charge is 0.114 e. The molecule has 0 aromatic carbocycles. The molecule has 0 aliphatic carbocycles. The summed E-state index contributed by atoms with van der Waals surface area (Å²) in [7, 11) is 27.4. The van der Waals surface area contributed by atoms with Crippen LogP contribution in [0.3, 0.4) is 0 Å². The largest absolute Gasteiger partial charge is 1.00 e. The third-order valence-corrected chi connectivity index (χ3v) is 14.0. The van der Waals surface area contributed by atoms with E-state index in [0.29, 0.717) is 0 Å². The van der Waals surface area contributed by atoms with Gasteiger partial charge in [0.2, 0.25) is 0 Å². The molecule has 0 saturated carbocycles. The van der Waals surface area contributed by atoms with Gasteiger partial charge in [-0.05, 0) is 51.4 Å². The fourth-order valence-corrected chi connectivity index (χ4v) is 8.98. The second-order valence-corrected chi connectivity index (χ2v) is 27.2. The second-order valence-electron chi connectivity index (χ2n) is 27.2. The lowest BCUT2D eigenvalue weighted by Gasteiger charge is -2.29. The molecule has 0 aliphatic heterocycles. The molecule has 12 heteroatoms. The number of halogens is 1. The van der Waals surface area contributed by atoms with Crippen LogP contribution in [0, 0.1) is 0 Å². The zero-order valence-electron chi connectivity index (χ0n) is 55.6. The molecule has 78 heavy (non-hydrogen) atoms. The highest BCUT2D eigenvalue weighted by atomic mass is 35.5. The van der Waals surface area contributed by atoms with Crippen molar-refractivity contribution in [1.29, 1.82) is 0 Å². The van der Waals surface area contributed by atoms with Gasteiger partial charge in [-0.2, -0.15) is 0 Å². The van der Waals surface area contributed by atoms with Crippen molar-refractivity contribution in [3.63, 3.8) is 0 Å². The fourth-order valence-electron chi connectivity index (χ4n) is 8.98. The number of unbranched alkanes of at least 4 members (excludes halogenated alkanes) is 36. The van der Waals surface area contributed by atoms with E-state index in [0.717, 1.165) is 17.9 Å². The van der Waals surface area contributed by atoms with E-state index in [9.17, 15) is 29.7 Å². The zero-order valence-corrected chi connectivity index (χ0v) is 56.3. The van der Waals surface area contributed by atoms with Gasteiger partial charge in [0.05, 0.1) is 117 Å². The van der Waals surface area contributed by atoms with Gasteiger partial charge in [-0.1, -0.05) is 233 Å². The van der Waals surface area contributed by atoms with Crippen LogP contribution in [0.25, 0.3) is 0 Å². The molecule has 0 heterocycles.